The van der Waals surface area contributed by atoms with Crippen LogP contribution in [0, 0.1) is 4.77 Å². The Morgan fingerprint density at radius 2 is 1.68 bits per heavy atom. The Morgan fingerprint density at radius 1 is 1.04 bits per heavy atom. The number of H-pyrrole nitrogens is 1. The third-order valence-corrected chi connectivity index (χ3v) is 5.29. The molecule has 1 heterocycles. The van der Waals surface area contributed by atoms with E-state index in [1.54, 1.807) is 17.0 Å². The molecular weight excluding hydrogens is 352 g/mol. The van der Waals surface area contributed by atoms with Crippen LogP contribution in [-0.4, -0.2) is 13.8 Å². The normalized spacial score (nSPS) is 12.7. The lowest BCUT2D eigenvalue weighted by molar-refractivity contribution is 0.688. The first kappa shape index (κ1) is 17.3. The molecule has 0 aliphatic rings. The average molecular weight is 368 g/mol. The van der Waals surface area contributed by atoms with E-state index in [2.05, 4.69) is 4.98 Å². The van der Waals surface area contributed by atoms with Gasteiger partial charge in [0.15, 0.2) is 4.77 Å². The van der Waals surface area contributed by atoms with Gasteiger partial charge in [0.2, 0.25) is 0 Å². The fourth-order valence-corrected chi connectivity index (χ4v) is 3.82. The highest BCUT2D eigenvalue weighted by molar-refractivity contribution is 7.94. The molecule has 0 unspecified atom stereocenters. The smallest absolute Gasteiger partial charge is 0.251 e. The topological polar surface area (TPSA) is 54.9 Å². The van der Waals surface area contributed by atoms with Crippen LogP contribution in [0.3, 0.4) is 0 Å². The fourth-order valence-electron chi connectivity index (χ4n) is 2.33. The minimum atomic E-state index is -1.27. The predicted octanol–water partition coefficient (Wildman–Crippen LogP) is 3.81. The number of hydrogen-bond acceptors (Lipinski definition) is 3. The first-order valence-electron chi connectivity index (χ1n) is 7.64. The highest BCUT2D eigenvalue weighted by atomic mass is 32.2. The van der Waals surface area contributed by atoms with Gasteiger partial charge >= 0.3 is 0 Å². The number of nitrogens with one attached hydrogen (secondary N) is 1. The van der Waals surface area contributed by atoms with Crippen molar-refractivity contribution in [2.24, 2.45) is 0 Å². The van der Waals surface area contributed by atoms with E-state index in [1.165, 1.54) is 6.07 Å². The standard InChI is InChI=1S/C19H16N2O2S2/c22-18-11-12-21(19(24)20-18)13-17(16-9-5-2-6-10-16)25(23)14-15-7-3-1-4-8-15/h1-13H,14H2,(H,20,22,24)/b17-13+/t25-/m0/s1. The van der Waals surface area contributed by atoms with Gasteiger partial charge < -0.3 is 0 Å². The molecule has 126 valence electrons. The molecule has 2 aromatic carbocycles. The van der Waals surface area contributed by atoms with Crippen LogP contribution >= 0.6 is 12.2 Å². The summed E-state index contributed by atoms with van der Waals surface area (Å²) in [6, 6.07) is 20.6. The van der Waals surface area contributed by atoms with Crippen LogP contribution < -0.4 is 5.56 Å². The number of hydrogen-bond donors (Lipinski definition) is 1. The molecule has 0 saturated carbocycles. The fraction of sp³-hybridized carbons (Fsp3) is 0.0526. The van der Waals surface area contributed by atoms with Crippen molar-refractivity contribution in [2.75, 3.05) is 0 Å². The maximum absolute atomic E-state index is 13.0. The molecule has 1 N–H and O–H groups in total. The summed E-state index contributed by atoms with van der Waals surface area (Å²) in [4.78, 5) is 14.6. The second-order valence-corrected chi connectivity index (χ2v) is 7.16. The van der Waals surface area contributed by atoms with Gasteiger partial charge in [0, 0.05) is 18.5 Å². The Morgan fingerprint density at radius 3 is 2.32 bits per heavy atom. The lowest BCUT2D eigenvalue weighted by Gasteiger charge is -2.10. The van der Waals surface area contributed by atoms with Crippen LogP contribution in [-0.2, 0) is 16.6 Å². The van der Waals surface area contributed by atoms with E-state index in [-0.39, 0.29) is 10.3 Å². The summed E-state index contributed by atoms with van der Waals surface area (Å²) >= 11 is 5.19. The van der Waals surface area contributed by atoms with Gasteiger partial charge in [-0.05, 0) is 23.3 Å². The maximum atomic E-state index is 13.0. The van der Waals surface area contributed by atoms with E-state index >= 15 is 0 Å². The molecular formula is C19H16N2O2S2. The Labute approximate surface area is 152 Å². The number of nitrogens with zero attached hydrogens (tertiary/aromatic N) is 1. The molecule has 0 bridgehead atoms. The van der Waals surface area contributed by atoms with Crippen molar-refractivity contribution in [1.29, 1.82) is 0 Å². The molecule has 0 radical (unpaired) electrons. The van der Waals surface area contributed by atoms with Crippen molar-refractivity contribution in [1.82, 2.24) is 9.55 Å². The molecule has 1 aromatic heterocycles. The third kappa shape index (κ3) is 4.49. The summed E-state index contributed by atoms with van der Waals surface area (Å²) in [5, 5.41) is 0. The molecule has 0 fully saturated rings. The van der Waals surface area contributed by atoms with Crippen molar-refractivity contribution >= 4 is 34.1 Å². The Balaban J connectivity index is 2.04. The first-order valence-corrected chi connectivity index (χ1v) is 9.37. The van der Waals surface area contributed by atoms with Crippen molar-refractivity contribution in [2.45, 2.75) is 5.75 Å². The summed E-state index contributed by atoms with van der Waals surface area (Å²) in [6.45, 7) is 0. The molecule has 0 aliphatic carbocycles. The second-order valence-electron chi connectivity index (χ2n) is 5.35. The zero-order valence-corrected chi connectivity index (χ0v) is 14.9. The molecule has 25 heavy (non-hydrogen) atoms. The van der Waals surface area contributed by atoms with Crippen LogP contribution in [0.15, 0.2) is 77.7 Å². The third-order valence-electron chi connectivity index (χ3n) is 3.55. The van der Waals surface area contributed by atoms with Crippen LogP contribution in [0.1, 0.15) is 11.1 Å². The van der Waals surface area contributed by atoms with Crippen LogP contribution in [0.5, 0.6) is 0 Å². The number of benzene rings is 2. The van der Waals surface area contributed by atoms with Gasteiger partial charge in [-0.25, -0.2) is 0 Å². The van der Waals surface area contributed by atoms with E-state index in [9.17, 15) is 9.00 Å². The molecule has 0 spiro atoms. The van der Waals surface area contributed by atoms with Crippen molar-refractivity contribution in [3.63, 3.8) is 0 Å². The van der Waals surface area contributed by atoms with E-state index < -0.39 is 10.8 Å². The van der Waals surface area contributed by atoms with Gasteiger partial charge in [0.05, 0.1) is 21.5 Å². The molecule has 4 nitrogen and oxygen atoms in total. The molecule has 1 atom stereocenters. The highest BCUT2D eigenvalue weighted by Crippen LogP contribution is 2.22. The minimum absolute atomic E-state index is 0.262. The SMILES string of the molecule is O=c1ccn(/C=C(\c2ccccc2)[S@@](=O)Cc2ccccc2)c(=S)[nH]1. The van der Waals surface area contributed by atoms with E-state index in [0.717, 1.165) is 11.1 Å². The minimum Gasteiger partial charge on any atom is -0.300 e. The van der Waals surface area contributed by atoms with Crippen molar-refractivity contribution in [3.8, 4) is 0 Å². The Kier molecular flexibility index (Phi) is 5.53. The quantitative estimate of drug-likeness (QED) is 0.697. The summed E-state index contributed by atoms with van der Waals surface area (Å²) in [7, 11) is -1.27. The van der Waals surface area contributed by atoms with Gasteiger partial charge in [-0.1, -0.05) is 60.7 Å². The number of rotatable bonds is 5. The lowest BCUT2D eigenvalue weighted by Crippen LogP contribution is -2.09. The van der Waals surface area contributed by atoms with Gasteiger partial charge in [-0.15, -0.1) is 0 Å². The van der Waals surface area contributed by atoms with Gasteiger partial charge in [0.25, 0.3) is 5.56 Å². The number of aromatic amines is 1. The molecule has 3 rings (SSSR count). The lowest BCUT2D eigenvalue weighted by atomic mass is 10.2. The largest absolute Gasteiger partial charge is 0.300 e. The molecule has 3 aromatic rings. The van der Waals surface area contributed by atoms with Gasteiger partial charge in [-0.3, -0.25) is 18.6 Å². The first-order chi connectivity index (χ1) is 12.1. The van der Waals surface area contributed by atoms with E-state index in [4.69, 9.17) is 12.2 Å². The summed E-state index contributed by atoms with van der Waals surface area (Å²) in [5.74, 6) is 0.401. The zero-order chi connectivity index (χ0) is 17.6. The molecule has 6 heteroatoms. The van der Waals surface area contributed by atoms with Crippen LogP contribution in [0.4, 0.5) is 0 Å². The predicted molar refractivity (Wildman–Crippen MR) is 105 cm³/mol. The van der Waals surface area contributed by atoms with Crippen molar-refractivity contribution in [3.05, 3.63) is 99.2 Å². The highest BCUT2D eigenvalue weighted by Gasteiger charge is 2.11. The molecule has 0 amide bonds. The molecule has 0 saturated heterocycles. The summed E-state index contributed by atoms with van der Waals surface area (Å²) in [6.07, 6.45) is 3.29. The summed E-state index contributed by atoms with van der Waals surface area (Å²) in [5.41, 5.74) is 1.58. The van der Waals surface area contributed by atoms with Crippen LogP contribution in [0.2, 0.25) is 0 Å². The van der Waals surface area contributed by atoms with Gasteiger partial charge in [-0.2, -0.15) is 0 Å². The van der Waals surface area contributed by atoms with Crippen LogP contribution in [0.25, 0.3) is 11.1 Å². The number of aromatic nitrogens is 2. The second kappa shape index (κ2) is 8.00. The monoisotopic (exact) mass is 368 g/mol. The average Bonchev–Trinajstić information content (AvgIpc) is 2.62. The maximum Gasteiger partial charge on any atom is 0.251 e. The van der Waals surface area contributed by atoms with Crippen molar-refractivity contribution < 1.29 is 4.21 Å². The zero-order valence-electron chi connectivity index (χ0n) is 13.3. The Hall–Kier alpha value is -2.57. The summed E-state index contributed by atoms with van der Waals surface area (Å²) < 4.78 is 14.9. The van der Waals surface area contributed by atoms with E-state index in [0.29, 0.717) is 10.7 Å². The van der Waals surface area contributed by atoms with Gasteiger partial charge in [0.1, 0.15) is 0 Å². The Bertz CT molecular complexity index is 1020. The molecule has 0 aliphatic heterocycles. The van der Waals surface area contributed by atoms with E-state index in [1.807, 2.05) is 60.7 Å².